The van der Waals surface area contributed by atoms with E-state index in [1.54, 1.807) is 7.11 Å². The quantitative estimate of drug-likeness (QED) is 0.195. The summed E-state index contributed by atoms with van der Waals surface area (Å²) in [4.78, 5) is 13.5. The maximum Gasteiger partial charge on any atom is 0.297 e. The molecule has 0 bridgehead atoms. The third-order valence-corrected chi connectivity index (χ3v) is 6.21. The molecular formula is C30H46N2O3. The monoisotopic (exact) mass is 482 g/mol. The number of unbranched alkanes of at least 4 members (excludes halogenated alkanes) is 4. The lowest BCUT2D eigenvalue weighted by Gasteiger charge is -2.18. The predicted octanol–water partition coefficient (Wildman–Crippen LogP) is 7.87. The molecule has 0 atom stereocenters. The van der Waals surface area contributed by atoms with Crippen molar-refractivity contribution >= 4 is 16.6 Å². The molecule has 1 N–H and O–H groups in total. The van der Waals surface area contributed by atoms with Gasteiger partial charge in [-0.3, -0.25) is 4.79 Å². The lowest BCUT2D eigenvalue weighted by atomic mass is 10.1. The van der Waals surface area contributed by atoms with Crippen LogP contribution in [-0.4, -0.2) is 24.8 Å². The predicted molar refractivity (Wildman–Crippen MR) is 150 cm³/mol. The summed E-state index contributed by atoms with van der Waals surface area (Å²) in [5.41, 5.74) is 4.50. The van der Waals surface area contributed by atoms with E-state index in [1.165, 1.54) is 24.0 Å². The van der Waals surface area contributed by atoms with Gasteiger partial charge in [-0.2, -0.15) is 0 Å². The molecule has 0 radical (unpaired) electrons. The summed E-state index contributed by atoms with van der Waals surface area (Å²) in [6.07, 6.45) is 13.0. The van der Waals surface area contributed by atoms with Gasteiger partial charge >= 0.3 is 0 Å². The van der Waals surface area contributed by atoms with E-state index in [-0.39, 0.29) is 5.56 Å². The number of aryl methyl sites for hydroxylation is 1. The molecular weight excluding hydrogens is 436 g/mol. The van der Waals surface area contributed by atoms with Gasteiger partial charge in [-0.05, 0) is 64.7 Å². The van der Waals surface area contributed by atoms with Crippen LogP contribution < -0.4 is 20.3 Å². The van der Waals surface area contributed by atoms with Gasteiger partial charge in [-0.25, -0.2) is 0 Å². The first-order valence-corrected chi connectivity index (χ1v) is 13.3. The van der Waals surface area contributed by atoms with E-state index in [4.69, 9.17) is 9.47 Å². The van der Waals surface area contributed by atoms with Gasteiger partial charge in [-0.15, -0.1) is 0 Å². The molecule has 0 fully saturated rings. The highest BCUT2D eigenvalue weighted by Gasteiger charge is 2.19. The highest BCUT2D eigenvalue weighted by molar-refractivity contribution is 5.90. The summed E-state index contributed by atoms with van der Waals surface area (Å²) < 4.78 is 13.6. The van der Waals surface area contributed by atoms with Crippen LogP contribution in [0.3, 0.4) is 0 Å². The summed E-state index contributed by atoms with van der Waals surface area (Å²) in [5.74, 6) is 0.873. The molecule has 194 valence electrons. The third-order valence-electron chi connectivity index (χ3n) is 6.21. The molecule has 0 unspecified atom stereocenters. The summed E-state index contributed by atoms with van der Waals surface area (Å²) >= 11 is 0. The summed E-state index contributed by atoms with van der Waals surface area (Å²) in [6.45, 7) is 12.7. The molecule has 5 nitrogen and oxygen atoms in total. The van der Waals surface area contributed by atoms with Gasteiger partial charge in [0.15, 0.2) is 5.75 Å². The fraction of sp³-hybridized carbons (Fsp3) is 0.567. The summed E-state index contributed by atoms with van der Waals surface area (Å²) in [7, 11) is 1.61. The van der Waals surface area contributed by atoms with Crippen LogP contribution in [0.25, 0.3) is 10.9 Å². The van der Waals surface area contributed by atoms with Crippen LogP contribution in [0.5, 0.6) is 11.5 Å². The number of nitrogens with zero attached hydrogens (tertiary/aromatic N) is 1. The van der Waals surface area contributed by atoms with E-state index in [9.17, 15) is 4.79 Å². The zero-order valence-electron chi connectivity index (χ0n) is 22.8. The Morgan fingerprint density at radius 1 is 1.00 bits per heavy atom. The van der Waals surface area contributed by atoms with Crippen molar-refractivity contribution in [3.8, 4) is 11.5 Å². The lowest BCUT2D eigenvalue weighted by Crippen LogP contribution is -2.24. The lowest BCUT2D eigenvalue weighted by molar-refractivity contribution is 0.280. The average Bonchev–Trinajstić information content (AvgIpc) is 2.83. The fourth-order valence-electron chi connectivity index (χ4n) is 4.11. The largest absolute Gasteiger partial charge is 0.492 e. The molecule has 1 aromatic heterocycles. The normalized spacial score (nSPS) is 11.5. The van der Waals surface area contributed by atoms with Crippen LogP contribution in [0.4, 0.5) is 5.69 Å². The van der Waals surface area contributed by atoms with Gasteiger partial charge < -0.3 is 19.4 Å². The molecule has 2 rings (SSSR count). The van der Waals surface area contributed by atoms with Gasteiger partial charge in [0.25, 0.3) is 5.56 Å². The number of methoxy groups -OCH3 is 1. The van der Waals surface area contributed by atoms with Gasteiger partial charge in [0, 0.05) is 24.2 Å². The minimum Gasteiger partial charge on any atom is -0.492 e. The van der Waals surface area contributed by atoms with E-state index < -0.39 is 0 Å². The number of nitrogens with one attached hydrogen (secondary N) is 1. The summed E-state index contributed by atoms with van der Waals surface area (Å²) in [5, 5.41) is 4.40. The van der Waals surface area contributed by atoms with Crippen molar-refractivity contribution < 1.29 is 9.47 Å². The number of hydrogen-bond acceptors (Lipinski definition) is 4. The number of pyridine rings is 1. The van der Waals surface area contributed by atoms with Crippen molar-refractivity contribution in [2.75, 3.05) is 25.6 Å². The third kappa shape index (κ3) is 8.79. The van der Waals surface area contributed by atoms with Gasteiger partial charge in [0.1, 0.15) is 0 Å². The second-order valence-electron chi connectivity index (χ2n) is 9.57. The number of ether oxygens (including phenoxy) is 2. The van der Waals surface area contributed by atoms with Crippen LogP contribution in [0.2, 0.25) is 0 Å². The zero-order valence-corrected chi connectivity index (χ0v) is 22.8. The molecule has 0 aliphatic carbocycles. The summed E-state index contributed by atoms with van der Waals surface area (Å²) in [6, 6.07) is 6.15. The molecule has 0 amide bonds. The SMILES string of the molecule is CCCCCCOc1c(OC)c2ccc(NC/C=C(\C)CCC=C(C)C)cc2n(CCCC)c1=O. The van der Waals surface area contributed by atoms with E-state index in [1.807, 2.05) is 10.6 Å². The second-order valence-corrected chi connectivity index (χ2v) is 9.57. The number of rotatable bonds is 16. The molecule has 1 aromatic carbocycles. The maximum absolute atomic E-state index is 13.5. The minimum absolute atomic E-state index is 0.106. The van der Waals surface area contributed by atoms with Crippen molar-refractivity contribution in [1.29, 1.82) is 0 Å². The molecule has 0 aliphatic heterocycles. The van der Waals surface area contributed by atoms with Crippen molar-refractivity contribution in [1.82, 2.24) is 4.57 Å². The molecule has 35 heavy (non-hydrogen) atoms. The second kappa shape index (κ2) is 15.3. The Kier molecular flexibility index (Phi) is 12.5. The number of fused-ring (bicyclic) bond motifs is 1. The number of benzene rings is 1. The standard InChI is InChI=1S/C30H46N2O3/c1-7-9-11-12-21-35-29-28(34-6)26-17-16-25(22-27(26)32(30(29)33)20-10-8-2)31-19-18-24(5)15-13-14-23(3)4/h14,16-18,22,31H,7-13,15,19-21H2,1-6H3/b24-18+. The van der Waals surface area contributed by atoms with Crippen molar-refractivity contribution in [3.63, 3.8) is 0 Å². The Morgan fingerprint density at radius 2 is 1.77 bits per heavy atom. The Bertz CT molecular complexity index is 1050. The zero-order chi connectivity index (χ0) is 25.6. The highest BCUT2D eigenvalue weighted by Crippen LogP contribution is 2.34. The van der Waals surface area contributed by atoms with Crippen LogP contribution in [0, 0.1) is 0 Å². The van der Waals surface area contributed by atoms with Gasteiger partial charge in [0.05, 0.1) is 19.2 Å². The number of allylic oxidation sites excluding steroid dienone is 3. The van der Waals surface area contributed by atoms with Crippen LogP contribution in [0.15, 0.2) is 46.3 Å². The number of aromatic nitrogens is 1. The molecule has 0 saturated heterocycles. The minimum atomic E-state index is -0.106. The number of hydrogen-bond donors (Lipinski definition) is 1. The molecule has 0 saturated carbocycles. The Labute approximate surface area is 212 Å². The van der Waals surface area contributed by atoms with Crippen LogP contribution >= 0.6 is 0 Å². The Hall–Kier alpha value is -2.69. The number of anilines is 1. The molecule has 0 aliphatic rings. The Balaban J connectivity index is 2.30. The Morgan fingerprint density at radius 3 is 2.46 bits per heavy atom. The van der Waals surface area contributed by atoms with Crippen LogP contribution in [0.1, 0.15) is 86.0 Å². The van der Waals surface area contributed by atoms with E-state index in [2.05, 4.69) is 64.2 Å². The van der Waals surface area contributed by atoms with Crippen molar-refractivity contribution in [2.45, 2.75) is 92.5 Å². The van der Waals surface area contributed by atoms with Gasteiger partial charge in [-0.1, -0.05) is 62.8 Å². The first-order valence-electron chi connectivity index (χ1n) is 13.3. The molecule has 1 heterocycles. The molecule has 5 heteroatoms. The average molecular weight is 483 g/mol. The highest BCUT2D eigenvalue weighted by atomic mass is 16.5. The topological polar surface area (TPSA) is 52.5 Å². The van der Waals surface area contributed by atoms with E-state index in [0.29, 0.717) is 24.7 Å². The molecule has 2 aromatic rings. The van der Waals surface area contributed by atoms with E-state index in [0.717, 1.165) is 61.7 Å². The fourth-order valence-corrected chi connectivity index (χ4v) is 4.11. The smallest absolute Gasteiger partial charge is 0.297 e. The van der Waals surface area contributed by atoms with E-state index >= 15 is 0 Å². The first kappa shape index (κ1) is 28.5. The first-order chi connectivity index (χ1) is 16.9. The molecule has 0 spiro atoms. The van der Waals surface area contributed by atoms with Gasteiger partial charge in [0.2, 0.25) is 5.75 Å². The van der Waals surface area contributed by atoms with Crippen LogP contribution in [-0.2, 0) is 6.54 Å². The maximum atomic E-state index is 13.5. The van der Waals surface area contributed by atoms with Crippen molar-refractivity contribution in [2.24, 2.45) is 0 Å². The van der Waals surface area contributed by atoms with Crippen molar-refractivity contribution in [3.05, 3.63) is 51.9 Å².